The van der Waals surface area contributed by atoms with Crippen molar-refractivity contribution in [2.24, 2.45) is 5.92 Å². The van der Waals surface area contributed by atoms with E-state index in [2.05, 4.69) is 40.2 Å². The molecular weight excluding hydrogens is 374 g/mol. The van der Waals surface area contributed by atoms with Crippen LogP contribution in [0.15, 0.2) is 72.9 Å². The molecule has 2 aromatic carbocycles. The summed E-state index contributed by atoms with van der Waals surface area (Å²) in [7, 11) is 2.04. The molecule has 1 saturated heterocycles. The van der Waals surface area contributed by atoms with Crippen LogP contribution in [0.4, 0.5) is 5.69 Å². The molecule has 5 heteroatoms. The molecule has 0 radical (unpaired) electrons. The Hall–Kier alpha value is -3.18. The number of anilines is 1. The zero-order valence-electron chi connectivity index (χ0n) is 17.0. The SMILES string of the molecule is CN1c2ccc(-c3ccccc3)cc2[C@@H]2[C@@H](CCN2C(=O)c2ccccn2)[C@H]1CO. The molecule has 1 N–H and O–H groups in total. The van der Waals surface area contributed by atoms with Gasteiger partial charge in [0.2, 0.25) is 0 Å². The second kappa shape index (κ2) is 7.58. The van der Waals surface area contributed by atoms with Crippen molar-refractivity contribution < 1.29 is 9.90 Å². The Labute approximate surface area is 176 Å². The Kier molecular flexibility index (Phi) is 4.75. The van der Waals surface area contributed by atoms with E-state index in [1.165, 1.54) is 0 Å². The standard InChI is InChI=1S/C25H25N3O2/c1-27-22-11-10-18(17-7-3-2-4-8-17)15-20(22)24-19(23(27)16-29)12-14-28(24)25(30)21-9-5-6-13-26-21/h2-11,13,15,19,23-24,29H,12,14,16H2,1H3/t19-,23+,24-/m0/s1. The Morgan fingerprint density at radius 3 is 2.60 bits per heavy atom. The van der Waals surface area contributed by atoms with Crippen LogP contribution in [0.2, 0.25) is 0 Å². The fourth-order valence-electron chi connectivity index (χ4n) is 5.13. The Bertz CT molecular complexity index is 1050. The number of likely N-dealkylation sites (N-methyl/N-ethyl adjacent to an activating group) is 1. The first-order valence-electron chi connectivity index (χ1n) is 10.4. The van der Waals surface area contributed by atoms with Gasteiger partial charge in [-0.15, -0.1) is 0 Å². The monoisotopic (exact) mass is 399 g/mol. The number of amides is 1. The third kappa shape index (κ3) is 2.97. The fourth-order valence-corrected chi connectivity index (χ4v) is 5.13. The molecule has 0 aliphatic carbocycles. The summed E-state index contributed by atoms with van der Waals surface area (Å²) in [5.74, 6) is 0.145. The van der Waals surface area contributed by atoms with Gasteiger partial charge in [-0.2, -0.15) is 0 Å². The summed E-state index contributed by atoms with van der Waals surface area (Å²) < 4.78 is 0. The zero-order valence-corrected chi connectivity index (χ0v) is 17.0. The van der Waals surface area contributed by atoms with Gasteiger partial charge in [-0.1, -0.05) is 42.5 Å². The lowest BCUT2D eigenvalue weighted by Crippen LogP contribution is -2.48. The molecule has 1 aromatic heterocycles. The fraction of sp³-hybridized carbons (Fsp3) is 0.280. The summed E-state index contributed by atoms with van der Waals surface area (Å²) in [5.41, 5.74) is 5.00. The predicted molar refractivity (Wildman–Crippen MR) is 117 cm³/mol. The van der Waals surface area contributed by atoms with Gasteiger partial charge in [0.15, 0.2) is 0 Å². The maximum Gasteiger partial charge on any atom is 0.272 e. The van der Waals surface area contributed by atoms with Crippen LogP contribution in [0.1, 0.15) is 28.5 Å². The molecule has 152 valence electrons. The summed E-state index contributed by atoms with van der Waals surface area (Å²) in [6.07, 6.45) is 2.53. The number of likely N-dealkylation sites (tertiary alicyclic amines) is 1. The lowest BCUT2D eigenvalue weighted by molar-refractivity contribution is 0.0688. The Morgan fingerprint density at radius 2 is 1.87 bits per heavy atom. The predicted octanol–water partition coefficient (Wildman–Crippen LogP) is 3.76. The lowest BCUT2D eigenvalue weighted by atomic mass is 9.81. The van der Waals surface area contributed by atoms with E-state index in [1.54, 1.807) is 12.3 Å². The van der Waals surface area contributed by atoms with Crippen LogP contribution >= 0.6 is 0 Å². The molecule has 3 atom stereocenters. The van der Waals surface area contributed by atoms with Crippen molar-refractivity contribution in [1.82, 2.24) is 9.88 Å². The molecule has 0 unspecified atom stereocenters. The number of hydrogen-bond acceptors (Lipinski definition) is 4. The first-order chi connectivity index (χ1) is 14.7. The number of benzene rings is 2. The normalized spacial score (nSPS) is 22.5. The van der Waals surface area contributed by atoms with Crippen LogP contribution in [0, 0.1) is 5.92 Å². The number of aliphatic hydroxyl groups excluding tert-OH is 1. The van der Waals surface area contributed by atoms with Crippen molar-refractivity contribution >= 4 is 11.6 Å². The smallest absolute Gasteiger partial charge is 0.272 e. The van der Waals surface area contributed by atoms with E-state index < -0.39 is 0 Å². The van der Waals surface area contributed by atoms with Crippen LogP contribution in [0.5, 0.6) is 0 Å². The molecule has 0 saturated carbocycles. The van der Waals surface area contributed by atoms with Gasteiger partial charge in [0, 0.05) is 31.4 Å². The van der Waals surface area contributed by atoms with E-state index in [0.717, 1.165) is 28.8 Å². The second-order valence-corrected chi connectivity index (χ2v) is 8.11. The zero-order chi connectivity index (χ0) is 20.7. The third-order valence-corrected chi connectivity index (χ3v) is 6.60. The minimum absolute atomic E-state index is 0.00777. The van der Waals surface area contributed by atoms with Crippen molar-refractivity contribution in [2.75, 3.05) is 25.1 Å². The average molecular weight is 399 g/mol. The van der Waals surface area contributed by atoms with E-state index >= 15 is 0 Å². The summed E-state index contributed by atoms with van der Waals surface area (Å²) in [6.45, 7) is 0.743. The highest BCUT2D eigenvalue weighted by Gasteiger charge is 2.47. The van der Waals surface area contributed by atoms with Crippen LogP contribution in [-0.2, 0) is 0 Å². The third-order valence-electron chi connectivity index (χ3n) is 6.60. The van der Waals surface area contributed by atoms with Gasteiger partial charge in [0.25, 0.3) is 5.91 Å². The van der Waals surface area contributed by atoms with Gasteiger partial charge in [-0.3, -0.25) is 9.78 Å². The van der Waals surface area contributed by atoms with Gasteiger partial charge < -0.3 is 14.9 Å². The van der Waals surface area contributed by atoms with E-state index in [0.29, 0.717) is 12.2 Å². The van der Waals surface area contributed by atoms with Crippen molar-refractivity contribution in [1.29, 1.82) is 0 Å². The molecule has 30 heavy (non-hydrogen) atoms. The second-order valence-electron chi connectivity index (χ2n) is 8.11. The number of fused-ring (bicyclic) bond motifs is 3. The van der Waals surface area contributed by atoms with Gasteiger partial charge in [0.1, 0.15) is 5.69 Å². The van der Waals surface area contributed by atoms with Crippen molar-refractivity contribution in [2.45, 2.75) is 18.5 Å². The highest BCUT2D eigenvalue weighted by molar-refractivity contribution is 5.93. The molecule has 5 rings (SSSR count). The quantitative estimate of drug-likeness (QED) is 0.729. The highest BCUT2D eigenvalue weighted by atomic mass is 16.3. The lowest BCUT2D eigenvalue weighted by Gasteiger charge is -2.44. The molecule has 0 spiro atoms. The van der Waals surface area contributed by atoms with Crippen molar-refractivity contribution in [3.63, 3.8) is 0 Å². The number of pyridine rings is 1. The Balaban J connectivity index is 1.61. The molecule has 2 aliphatic rings. The molecule has 3 aromatic rings. The van der Waals surface area contributed by atoms with E-state index in [1.807, 2.05) is 42.3 Å². The molecule has 1 amide bonds. The van der Waals surface area contributed by atoms with Crippen LogP contribution in [0.3, 0.4) is 0 Å². The minimum Gasteiger partial charge on any atom is -0.394 e. The van der Waals surface area contributed by atoms with Gasteiger partial charge in [-0.25, -0.2) is 0 Å². The molecular formula is C25H25N3O2. The summed E-state index contributed by atoms with van der Waals surface area (Å²) in [6, 6.07) is 22.1. The molecule has 1 fully saturated rings. The number of rotatable bonds is 3. The summed E-state index contributed by atoms with van der Waals surface area (Å²) in [5, 5.41) is 10.2. The number of carbonyl (C=O) groups is 1. The highest BCUT2D eigenvalue weighted by Crippen LogP contribution is 2.49. The maximum atomic E-state index is 13.3. The van der Waals surface area contributed by atoms with Crippen LogP contribution in [0.25, 0.3) is 11.1 Å². The molecule has 0 bridgehead atoms. The number of aliphatic hydroxyl groups is 1. The number of nitrogens with zero attached hydrogens (tertiary/aromatic N) is 3. The van der Waals surface area contributed by atoms with E-state index in [4.69, 9.17) is 0 Å². The maximum absolute atomic E-state index is 13.3. The molecule has 3 heterocycles. The molecule has 5 nitrogen and oxygen atoms in total. The van der Waals surface area contributed by atoms with Crippen molar-refractivity contribution in [3.05, 3.63) is 84.2 Å². The average Bonchev–Trinajstić information content (AvgIpc) is 3.25. The van der Waals surface area contributed by atoms with E-state index in [-0.39, 0.29) is 30.5 Å². The summed E-state index contributed by atoms with van der Waals surface area (Å²) >= 11 is 0. The number of hydrogen-bond donors (Lipinski definition) is 1. The first-order valence-corrected chi connectivity index (χ1v) is 10.4. The largest absolute Gasteiger partial charge is 0.394 e. The number of aromatic nitrogens is 1. The molecule has 2 aliphatic heterocycles. The summed E-state index contributed by atoms with van der Waals surface area (Å²) in [4.78, 5) is 21.8. The topological polar surface area (TPSA) is 56.7 Å². The minimum atomic E-state index is -0.0634. The first kappa shape index (κ1) is 18.8. The number of carbonyl (C=O) groups excluding carboxylic acids is 1. The van der Waals surface area contributed by atoms with E-state index in [9.17, 15) is 9.90 Å². The van der Waals surface area contributed by atoms with Gasteiger partial charge in [0.05, 0.1) is 18.7 Å². The van der Waals surface area contributed by atoms with Gasteiger partial charge in [-0.05, 0) is 47.4 Å². The van der Waals surface area contributed by atoms with Crippen LogP contribution in [-0.4, -0.2) is 47.1 Å². The van der Waals surface area contributed by atoms with Crippen LogP contribution < -0.4 is 4.90 Å². The Morgan fingerprint density at radius 1 is 1.07 bits per heavy atom. The van der Waals surface area contributed by atoms with Gasteiger partial charge >= 0.3 is 0 Å². The van der Waals surface area contributed by atoms with Crippen molar-refractivity contribution in [3.8, 4) is 11.1 Å².